The van der Waals surface area contributed by atoms with Crippen LogP contribution in [-0.4, -0.2) is 38.5 Å². The highest BCUT2D eigenvalue weighted by molar-refractivity contribution is 4.99. The summed E-state index contributed by atoms with van der Waals surface area (Å²) in [7, 11) is 0. The number of hydrogen-bond donors (Lipinski definition) is 1. The summed E-state index contributed by atoms with van der Waals surface area (Å²) in [5.41, 5.74) is 1.16. The fraction of sp³-hybridized carbons (Fsp3) is 0.833. The lowest BCUT2D eigenvalue weighted by Crippen LogP contribution is -2.26. The van der Waals surface area contributed by atoms with Crippen LogP contribution in [0.25, 0.3) is 0 Å². The van der Waals surface area contributed by atoms with Gasteiger partial charge in [-0.25, -0.2) is 0 Å². The Balaban J connectivity index is 1.53. The second kappa shape index (κ2) is 5.64. The van der Waals surface area contributed by atoms with Crippen LogP contribution in [0.15, 0.2) is 12.2 Å². The van der Waals surface area contributed by atoms with Crippen molar-refractivity contribution in [1.29, 1.82) is 0 Å². The van der Waals surface area contributed by atoms with E-state index < -0.39 is 0 Å². The SMILES string of the molecule is C=C(CNC1CC1)COC1CCOCC1. The van der Waals surface area contributed by atoms with E-state index in [1.54, 1.807) is 0 Å². The minimum absolute atomic E-state index is 0.386. The summed E-state index contributed by atoms with van der Waals surface area (Å²) < 4.78 is 11.1. The molecule has 3 nitrogen and oxygen atoms in total. The van der Waals surface area contributed by atoms with E-state index in [4.69, 9.17) is 9.47 Å². The van der Waals surface area contributed by atoms with Crippen LogP contribution in [0.5, 0.6) is 0 Å². The Bertz CT molecular complexity index is 208. The average molecular weight is 211 g/mol. The molecule has 1 saturated carbocycles. The number of rotatable bonds is 6. The Morgan fingerprint density at radius 1 is 1.27 bits per heavy atom. The highest BCUT2D eigenvalue weighted by atomic mass is 16.5. The van der Waals surface area contributed by atoms with Crippen molar-refractivity contribution < 1.29 is 9.47 Å². The summed E-state index contributed by atoms with van der Waals surface area (Å²) in [5.74, 6) is 0. The first-order chi connectivity index (χ1) is 7.34. The summed E-state index contributed by atoms with van der Waals surface area (Å²) in [6.45, 7) is 7.32. The largest absolute Gasteiger partial charge is 0.381 e. The summed E-state index contributed by atoms with van der Waals surface area (Å²) in [6.07, 6.45) is 5.10. The first kappa shape index (κ1) is 11.1. The Hall–Kier alpha value is -0.380. The topological polar surface area (TPSA) is 30.5 Å². The molecule has 0 spiro atoms. The van der Waals surface area contributed by atoms with Gasteiger partial charge in [0.2, 0.25) is 0 Å². The van der Waals surface area contributed by atoms with Gasteiger partial charge in [-0.2, -0.15) is 0 Å². The van der Waals surface area contributed by atoms with Crippen molar-refractivity contribution in [2.24, 2.45) is 0 Å². The molecule has 3 heteroatoms. The molecule has 1 N–H and O–H groups in total. The van der Waals surface area contributed by atoms with Gasteiger partial charge in [0.25, 0.3) is 0 Å². The molecule has 86 valence electrons. The number of hydrogen-bond acceptors (Lipinski definition) is 3. The lowest BCUT2D eigenvalue weighted by molar-refractivity contribution is -0.0244. The van der Waals surface area contributed by atoms with Gasteiger partial charge in [-0.05, 0) is 31.3 Å². The molecular weight excluding hydrogens is 190 g/mol. The van der Waals surface area contributed by atoms with E-state index >= 15 is 0 Å². The van der Waals surface area contributed by atoms with E-state index in [-0.39, 0.29) is 0 Å². The number of nitrogens with one attached hydrogen (secondary N) is 1. The van der Waals surface area contributed by atoms with E-state index in [1.165, 1.54) is 12.8 Å². The second-order valence-corrected chi connectivity index (χ2v) is 4.53. The Morgan fingerprint density at radius 3 is 2.67 bits per heavy atom. The molecule has 0 unspecified atom stereocenters. The normalized spacial score (nSPS) is 22.9. The van der Waals surface area contributed by atoms with E-state index in [2.05, 4.69) is 11.9 Å². The van der Waals surface area contributed by atoms with E-state index in [0.29, 0.717) is 12.7 Å². The molecule has 2 aliphatic rings. The molecule has 0 aromatic heterocycles. The molecule has 0 aromatic carbocycles. The molecule has 15 heavy (non-hydrogen) atoms. The third-order valence-corrected chi connectivity index (χ3v) is 2.91. The molecule has 0 aromatic rings. The minimum Gasteiger partial charge on any atom is -0.381 e. The quantitative estimate of drug-likeness (QED) is 0.675. The van der Waals surface area contributed by atoms with Crippen LogP contribution in [0.2, 0.25) is 0 Å². The molecule has 2 rings (SSSR count). The molecule has 1 saturated heterocycles. The second-order valence-electron chi connectivity index (χ2n) is 4.53. The highest BCUT2D eigenvalue weighted by Crippen LogP contribution is 2.18. The Labute approximate surface area is 91.8 Å². The van der Waals surface area contributed by atoms with Gasteiger partial charge in [0.15, 0.2) is 0 Å². The zero-order chi connectivity index (χ0) is 10.5. The van der Waals surface area contributed by atoms with Crippen molar-refractivity contribution in [3.63, 3.8) is 0 Å². The van der Waals surface area contributed by atoms with Gasteiger partial charge < -0.3 is 14.8 Å². The van der Waals surface area contributed by atoms with Gasteiger partial charge >= 0.3 is 0 Å². The van der Waals surface area contributed by atoms with Crippen LogP contribution < -0.4 is 5.32 Å². The molecule has 1 heterocycles. The van der Waals surface area contributed by atoms with Gasteiger partial charge in [0, 0.05) is 25.8 Å². The third-order valence-electron chi connectivity index (χ3n) is 2.91. The summed E-state index contributed by atoms with van der Waals surface area (Å²) in [5, 5.41) is 3.44. The third kappa shape index (κ3) is 4.33. The predicted octanol–water partition coefficient (Wildman–Crippen LogP) is 1.49. The van der Waals surface area contributed by atoms with Crippen LogP contribution in [-0.2, 0) is 9.47 Å². The zero-order valence-corrected chi connectivity index (χ0v) is 9.34. The predicted molar refractivity (Wildman–Crippen MR) is 60.0 cm³/mol. The van der Waals surface area contributed by atoms with Crippen LogP contribution in [0.3, 0.4) is 0 Å². The van der Waals surface area contributed by atoms with Crippen molar-refractivity contribution in [2.45, 2.75) is 37.8 Å². The Kier molecular flexibility index (Phi) is 4.18. The van der Waals surface area contributed by atoms with E-state index in [0.717, 1.165) is 44.2 Å². The monoisotopic (exact) mass is 211 g/mol. The van der Waals surface area contributed by atoms with Crippen LogP contribution in [0.4, 0.5) is 0 Å². The molecule has 1 aliphatic carbocycles. The zero-order valence-electron chi connectivity index (χ0n) is 9.34. The fourth-order valence-corrected chi connectivity index (χ4v) is 1.71. The van der Waals surface area contributed by atoms with E-state index in [9.17, 15) is 0 Å². The minimum atomic E-state index is 0.386. The van der Waals surface area contributed by atoms with Crippen molar-refractivity contribution in [2.75, 3.05) is 26.4 Å². The van der Waals surface area contributed by atoms with Gasteiger partial charge in [0.1, 0.15) is 0 Å². The standard InChI is InChI=1S/C12H21NO2/c1-10(8-13-11-2-3-11)9-15-12-4-6-14-7-5-12/h11-13H,1-9H2. The smallest absolute Gasteiger partial charge is 0.0690 e. The molecule has 1 aliphatic heterocycles. The van der Waals surface area contributed by atoms with Gasteiger partial charge in [-0.1, -0.05) is 6.58 Å². The average Bonchev–Trinajstić information content (AvgIpc) is 3.09. The molecule has 0 atom stereocenters. The maximum atomic E-state index is 5.78. The van der Waals surface area contributed by atoms with Crippen molar-refractivity contribution >= 4 is 0 Å². The van der Waals surface area contributed by atoms with Gasteiger partial charge in [-0.3, -0.25) is 0 Å². The molecule has 2 fully saturated rings. The van der Waals surface area contributed by atoms with Gasteiger partial charge in [0.05, 0.1) is 12.7 Å². The highest BCUT2D eigenvalue weighted by Gasteiger charge is 2.20. The molecule has 0 amide bonds. The van der Waals surface area contributed by atoms with Gasteiger partial charge in [-0.15, -0.1) is 0 Å². The number of ether oxygens (including phenoxy) is 2. The lowest BCUT2D eigenvalue weighted by Gasteiger charge is -2.22. The first-order valence-electron chi connectivity index (χ1n) is 5.94. The Morgan fingerprint density at radius 2 is 2.00 bits per heavy atom. The molecule has 0 bridgehead atoms. The molecular formula is C12H21NO2. The maximum absolute atomic E-state index is 5.78. The van der Waals surface area contributed by atoms with Crippen molar-refractivity contribution in [3.8, 4) is 0 Å². The first-order valence-corrected chi connectivity index (χ1v) is 5.94. The molecule has 0 radical (unpaired) electrons. The fourth-order valence-electron chi connectivity index (χ4n) is 1.71. The lowest BCUT2D eigenvalue weighted by atomic mass is 10.1. The summed E-state index contributed by atoms with van der Waals surface area (Å²) in [4.78, 5) is 0. The van der Waals surface area contributed by atoms with E-state index in [1.807, 2.05) is 0 Å². The summed E-state index contributed by atoms with van der Waals surface area (Å²) >= 11 is 0. The van der Waals surface area contributed by atoms with Crippen LogP contribution in [0, 0.1) is 0 Å². The van der Waals surface area contributed by atoms with Crippen LogP contribution in [0.1, 0.15) is 25.7 Å². The van der Waals surface area contributed by atoms with Crippen LogP contribution >= 0.6 is 0 Å². The van der Waals surface area contributed by atoms with Crippen molar-refractivity contribution in [1.82, 2.24) is 5.32 Å². The summed E-state index contributed by atoms with van der Waals surface area (Å²) in [6, 6.07) is 0.754. The van der Waals surface area contributed by atoms with Crippen molar-refractivity contribution in [3.05, 3.63) is 12.2 Å². The maximum Gasteiger partial charge on any atom is 0.0690 e.